The molecule has 1 atom stereocenters. The monoisotopic (exact) mass is 334 g/mol. The molecule has 1 aliphatic heterocycles. The molecular formula is C16H22N4O2S. The van der Waals surface area contributed by atoms with Crippen molar-refractivity contribution in [2.24, 2.45) is 5.92 Å². The predicted octanol–water partition coefficient (Wildman–Crippen LogP) is 1.24. The second-order valence-corrected chi connectivity index (χ2v) is 7.96. The molecule has 1 aromatic heterocycles. The standard InChI is InChI=1S/C16H22N4O2S/c1-23(21,22)18-11-15-6-9-19(13-15)12-14-4-2-5-16(10-14)20-8-3-7-17-20/h2-5,7-8,10,15,18H,6,9,11-13H2,1H3/t15-/m0/s1. The molecule has 1 aliphatic rings. The van der Waals surface area contributed by atoms with Crippen molar-refractivity contribution in [2.75, 3.05) is 25.9 Å². The molecule has 23 heavy (non-hydrogen) atoms. The summed E-state index contributed by atoms with van der Waals surface area (Å²) in [5.74, 6) is 0.388. The number of aromatic nitrogens is 2. The van der Waals surface area contributed by atoms with Crippen molar-refractivity contribution < 1.29 is 8.42 Å². The fraction of sp³-hybridized carbons (Fsp3) is 0.438. The lowest BCUT2D eigenvalue weighted by Crippen LogP contribution is -2.30. The van der Waals surface area contributed by atoms with Crippen molar-refractivity contribution in [1.29, 1.82) is 0 Å². The van der Waals surface area contributed by atoms with Crippen LogP contribution in [0.1, 0.15) is 12.0 Å². The normalized spacial score (nSPS) is 19.3. The van der Waals surface area contributed by atoms with E-state index >= 15 is 0 Å². The van der Waals surface area contributed by atoms with Gasteiger partial charge in [-0.2, -0.15) is 5.10 Å². The molecule has 0 radical (unpaired) electrons. The fourth-order valence-corrected chi connectivity index (χ4v) is 3.51. The summed E-state index contributed by atoms with van der Waals surface area (Å²) < 4.78 is 26.8. The molecule has 1 aromatic carbocycles. The maximum atomic E-state index is 11.2. The van der Waals surface area contributed by atoms with Crippen LogP contribution in [0.4, 0.5) is 0 Å². The Morgan fingerprint density at radius 1 is 1.35 bits per heavy atom. The number of hydrogen-bond acceptors (Lipinski definition) is 4. The van der Waals surface area contributed by atoms with Gasteiger partial charge in [-0.25, -0.2) is 17.8 Å². The van der Waals surface area contributed by atoms with Crippen molar-refractivity contribution in [2.45, 2.75) is 13.0 Å². The molecule has 1 saturated heterocycles. The summed E-state index contributed by atoms with van der Waals surface area (Å²) >= 11 is 0. The number of rotatable bonds is 6. The van der Waals surface area contributed by atoms with E-state index in [1.807, 2.05) is 29.1 Å². The Kier molecular flexibility index (Phi) is 4.79. The van der Waals surface area contributed by atoms with Gasteiger partial charge in [0.2, 0.25) is 10.0 Å². The van der Waals surface area contributed by atoms with Crippen LogP contribution in [0.5, 0.6) is 0 Å². The maximum Gasteiger partial charge on any atom is 0.208 e. The van der Waals surface area contributed by atoms with Gasteiger partial charge in [0.05, 0.1) is 11.9 Å². The number of nitrogens with zero attached hydrogens (tertiary/aromatic N) is 3. The Morgan fingerprint density at radius 2 is 2.22 bits per heavy atom. The van der Waals surface area contributed by atoms with E-state index in [9.17, 15) is 8.42 Å². The SMILES string of the molecule is CS(=O)(=O)NC[C@@H]1CCN(Cc2cccc(-n3cccn3)c2)C1. The van der Waals surface area contributed by atoms with Gasteiger partial charge in [0.1, 0.15) is 0 Å². The summed E-state index contributed by atoms with van der Waals surface area (Å²) in [6.07, 6.45) is 5.94. The average molecular weight is 334 g/mol. The zero-order chi connectivity index (χ0) is 16.3. The number of hydrogen-bond donors (Lipinski definition) is 1. The summed E-state index contributed by atoms with van der Waals surface area (Å²) in [5, 5.41) is 4.26. The summed E-state index contributed by atoms with van der Waals surface area (Å²) in [5.41, 5.74) is 2.30. The third kappa shape index (κ3) is 4.63. The zero-order valence-electron chi connectivity index (χ0n) is 13.2. The highest BCUT2D eigenvalue weighted by molar-refractivity contribution is 7.88. The molecule has 1 N–H and O–H groups in total. The van der Waals surface area contributed by atoms with Crippen LogP contribution in [-0.2, 0) is 16.6 Å². The molecule has 7 heteroatoms. The van der Waals surface area contributed by atoms with E-state index in [1.54, 1.807) is 6.20 Å². The molecule has 0 spiro atoms. The molecular weight excluding hydrogens is 312 g/mol. The predicted molar refractivity (Wildman–Crippen MR) is 89.8 cm³/mol. The van der Waals surface area contributed by atoms with E-state index in [1.165, 1.54) is 11.8 Å². The second-order valence-electron chi connectivity index (χ2n) is 6.13. The molecule has 0 aliphatic carbocycles. The third-order valence-corrected chi connectivity index (χ3v) is 4.78. The van der Waals surface area contributed by atoms with Crippen LogP contribution in [0.3, 0.4) is 0 Å². The van der Waals surface area contributed by atoms with Gasteiger partial charge in [-0.3, -0.25) is 4.90 Å². The fourth-order valence-electron chi connectivity index (χ4n) is 2.97. The van der Waals surface area contributed by atoms with Crippen molar-refractivity contribution in [3.63, 3.8) is 0 Å². The van der Waals surface area contributed by atoms with Crippen LogP contribution in [0.2, 0.25) is 0 Å². The number of likely N-dealkylation sites (tertiary alicyclic amines) is 1. The molecule has 0 saturated carbocycles. The first-order valence-corrected chi connectivity index (χ1v) is 9.65. The van der Waals surface area contributed by atoms with Gasteiger partial charge in [0.15, 0.2) is 0 Å². The van der Waals surface area contributed by atoms with Gasteiger partial charge >= 0.3 is 0 Å². The Balaban J connectivity index is 1.57. The van der Waals surface area contributed by atoms with E-state index in [0.29, 0.717) is 12.5 Å². The molecule has 6 nitrogen and oxygen atoms in total. The quantitative estimate of drug-likeness (QED) is 0.863. The number of nitrogens with one attached hydrogen (secondary N) is 1. The Morgan fingerprint density at radius 3 is 2.96 bits per heavy atom. The molecule has 0 bridgehead atoms. The first-order valence-electron chi connectivity index (χ1n) is 7.75. The van der Waals surface area contributed by atoms with Crippen LogP contribution < -0.4 is 4.72 Å². The lowest BCUT2D eigenvalue weighted by molar-refractivity contribution is 0.316. The van der Waals surface area contributed by atoms with Crippen molar-refractivity contribution in [3.8, 4) is 5.69 Å². The average Bonchev–Trinajstić information content (AvgIpc) is 3.16. The minimum atomic E-state index is -3.10. The molecule has 1 fully saturated rings. The Hall–Kier alpha value is -1.70. The minimum absolute atomic E-state index is 0.388. The topological polar surface area (TPSA) is 67.2 Å². The van der Waals surface area contributed by atoms with Crippen molar-refractivity contribution in [1.82, 2.24) is 19.4 Å². The largest absolute Gasteiger partial charge is 0.299 e. The maximum absolute atomic E-state index is 11.2. The highest BCUT2D eigenvalue weighted by Gasteiger charge is 2.23. The minimum Gasteiger partial charge on any atom is -0.299 e. The Bertz CT molecular complexity index is 743. The first-order chi connectivity index (χ1) is 11.0. The molecule has 0 amide bonds. The number of benzene rings is 1. The van der Waals surface area contributed by atoms with E-state index in [0.717, 1.165) is 31.7 Å². The van der Waals surface area contributed by atoms with Gasteiger partial charge in [-0.15, -0.1) is 0 Å². The van der Waals surface area contributed by atoms with E-state index in [4.69, 9.17) is 0 Å². The van der Waals surface area contributed by atoms with Gasteiger partial charge in [-0.1, -0.05) is 12.1 Å². The zero-order valence-corrected chi connectivity index (χ0v) is 14.0. The van der Waals surface area contributed by atoms with Gasteiger partial charge in [-0.05, 0) is 42.6 Å². The second kappa shape index (κ2) is 6.82. The first kappa shape index (κ1) is 16.2. The van der Waals surface area contributed by atoms with E-state index in [-0.39, 0.29) is 0 Å². The van der Waals surface area contributed by atoms with Crippen LogP contribution in [0, 0.1) is 5.92 Å². The van der Waals surface area contributed by atoms with Crippen LogP contribution >= 0.6 is 0 Å². The van der Waals surface area contributed by atoms with Crippen LogP contribution in [0.15, 0.2) is 42.7 Å². The van der Waals surface area contributed by atoms with E-state index in [2.05, 4.69) is 26.9 Å². The van der Waals surface area contributed by atoms with Gasteiger partial charge in [0, 0.05) is 32.0 Å². The third-order valence-electron chi connectivity index (χ3n) is 4.09. The number of sulfonamides is 1. The smallest absolute Gasteiger partial charge is 0.208 e. The summed E-state index contributed by atoms with van der Waals surface area (Å²) in [6.45, 7) is 3.34. The van der Waals surface area contributed by atoms with Crippen molar-refractivity contribution in [3.05, 3.63) is 48.3 Å². The Labute approximate surface area is 137 Å². The summed E-state index contributed by atoms with van der Waals surface area (Å²) in [4.78, 5) is 2.37. The molecule has 124 valence electrons. The molecule has 2 aromatic rings. The highest BCUT2D eigenvalue weighted by atomic mass is 32.2. The molecule has 3 rings (SSSR count). The van der Waals surface area contributed by atoms with Crippen molar-refractivity contribution >= 4 is 10.0 Å². The van der Waals surface area contributed by atoms with Crippen LogP contribution in [0.25, 0.3) is 5.69 Å². The summed E-state index contributed by atoms with van der Waals surface area (Å²) in [6, 6.07) is 10.3. The lowest BCUT2D eigenvalue weighted by Gasteiger charge is -2.17. The van der Waals surface area contributed by atoms with Gasteiger partial charge < -0.3 is 0 Å². The van der Waals surface area contributed by atoms with Crippen LogP contribution in [-0.4, -0.2) is 49.0 Å². The van der Waals surface area contributed by atoms with E-state index < -0.39 is 10.0 Å². The summed E-state index contributed by atoms with van der Waals surface area (Å²) in [7, 11) is -3.10. The van der Waals surface area contributed by atoms with Gasteiger partial charge in [0.25, 0.3) is 0 Å². The highest BCUT2D eigenvalue weighted by Crippen LogP contribution is 2.19. The molecule has 0 unspecified atom stereocenters. The molecule has 2 heterocycles. The lowest BCUT2D eigenvalue weighted by atomic mass is 10.1.